The van der Waals surface area contributed by atoms with E-state index >= 15 is 0 Å². The zero-order valence-electron chi connectivity index (χ0n) is 10.2. The van der Waals surface area contributed by atoms with E-state index in [9.17, 15) is 19.2 Å². The number of carbonyl (C=O) groups excluding carboxylic acids is 2. The third-order valence-electron chi connectivity index (χ3n) is 2.40. The summed E-state index contributed by atoms with van der Waals surface area (Å²) in [6.45, 7) is 0.544. The molecule has 8 nitrogen and oxygen atoms in total. The number of nitrogens with two attached hydrogens (primary N) is 1. The molecule has 0 amide bonds. The lowest BCUT2D eigenvalue weighted by Gasteiger charge is -2.10. The summed E-state index contributed by atoms with van der Waals surface area (Å²) in [6, 6.07) is 0. The van der Waals surface area contributed by atoms with Crippen LogP contribution in [0.2, 0.25) is 0 Å². The van der Waals surface area contributed by atoms with Crippen LogP contribution in [0.5, 0.6) is 0 Å². The summed E-state index contributed by atoms with van der Waals surface area (Å²) < 4.78 is 6.23. The summed E-state index contributed by atoms with van der Waals surface area (Å²) in [4.78, 5) is 45.6. The predicted molar refractivity (Wildman–Crippen MR) is 62.3 cm³/mol. The van der Waals surface area contributed by atoms with E-state index in [1.165, 1.54) is 14.1 Å². The van der Waals surface area contributed by atoms with Gasteiger partial charge in [-0.2, -0.15) is 0 Å². The minimum absolute atomic E-state index is 0.250. The summed E-state index contributed by atoms with van der Waals surface area (Å²) in [6.07, 6.45) is 0. The number of Topliss-reactive ketones (excluding diaryl/α,β-unsaturated/α-hetero) is 1. The van der Waals surface area contributed by atoms with Gasteiger partial charge in [0.05, 0.1) is 0 Å². The van der Waals surface area contributed by atoms with E-state index in [-0.39, 0.29) is 11.4 Å². The molecule has 0 saturated heterocycles. The van der Waals surface area contributed by atoms with Gasteiger partial charge < -0.3 is 10.5 Å². The zero-order chi connectivity index (χ0) is 14.0. The molecule has 0 unspecified atom stereocenters. The van der Waals surface area contributed by atoms with Gasteiger partial charge in [0.15, 0.2) is 6.61 Å². The molecule has 0 radical (unpaired) electrons. The van der Waals surface area contributed by atoms with Crippen LogP contribution in [0.1, 0.15) is 17.3 Å². The molecule has 0 aliphatic heterocycles. The van der Waals surface area contributed by atoms with Crippen molar-refractivity contribution in [3.8, 4) is 0 Å². The molecule has 2 N–H and O–H groups in total. The molecule has 18 heavy (non-hydrogen) atoms. The molecule has 0 spiro atoms. The number of hydrogen-bond donors (Lipinski definition) is 1. The average Bonchev–Trinajstić information content (AvgIpc) is 2.31. The summed E-state index contributed by atoms with van der Waals surface area (Å²) in [5.74, 6) is -1.65. The summed E-state index contributed by atoms with van der Waals surface area (Å²) in [5, 5.41) is 0. The first-order valence-corrected chi connectivity index (χ1v) is 4.99. The third kappa shape index (κ3) is 2.31. The smallest absolute Gasteiger partial charge is 0.332 e. The molecule has 0 aliphatic rings. The lowest BCUT2D eigenvalue weighted by molar-refractivity contribution is -0.139. The number of anilines is 1. The maximum atomic E-state index is 11.8. The molecule has 0 atom stereocenters. The number of ketones is 1. The van der Waals surface area contributed by atoms with E-state index in [0.717, 1.165) is 16.1 Å². The van der Waals surface area contributed by atoms with Gasteiger partial charge in [-0.15, -0.1) is 0 Å². The van der Waals surface area contributed by atoms with Gasteiger partial charge in [0.2, 0.25) is 5.78 Å². The molecule has 0 fully saturated rings. The van der Waals surface area contributed by atoms with Crippen LogP contribution in [0.3, 0.4) is 0 Å². The highest BCUT2D eigenvalue weighted by atomic mass is 16.5. The quantitative estimate of drug-likeness (QED) is 0.514. The Morgan fingerprint density at radius 2 is 1.78 bits per heavy atom. The van der Waals surface area contributed by atoms with E-state index in [4.69, 9.17) is 5.73 Å². The highest BCUT2D eigenvalue weighted by Crippen LogP contribution is 2.04. The first-order chi connectivity index (χ1) is 8.27. The molecule has 98 valence electrons. The van der Waals surface area contributed by atoms with Gasteiger partial charge in [-0.25, -0.2) is 4.79 Å². The number of rotatable bonds is 3. The molecule has 0 saturated carbocycles. The number of hydrogen-bond acceptors (Lipinski definition) is 6. The Morgan fingerprint density at radius 3 is 2.28 bits per heavy atom. The van der Waals surface area contributed by atoms with Crippen LogP contribution >= 0.6 is 0 Å². The van der Waals surface area contributed by atoms with E-state index in [0.29, 0.717) is 0 Å². The highest BCUT2D eigenvalue weighted by molar-refractivity contribution is 6.01. The van der Waals surface area contributed by atoms with Crippen molar-refractivity contribution in [1.82, 2.24) is 9.13 Å². The highest BCUT2D eigenvalue weighted by Gasteiger charge is 2.20. The Balaban J connectivity index is 3.34. The fraction of sp³-hybridized carbons (Fsp3) is 0.400. The fourth-order valence-electron chi connectivity index (χ4n) is 1.36. The first-order valence-electron chi connectivity index (χ1n) is 4.99. The van der Waals surface area contributed by atoms with Crippen molar-refractivity contribution < 1.29 is 14.3 Å². The number of aromatic nitrogens is 2. The van der Waals surface area contributed by atoms with Gasteiger partial charge in [0.25, 0.3) is 5.56 Å². The maximum Gasteiger partial charge on any atom is 0.332 e. The maximum absolute atomic E-state index is 11.8. The molecule has 0 bridgehead atoms. The Hall–Kier alpha value is -2.38. The van der Waals surface area contributed by atoms with Crippen LogP contribution in [-0.2, 0) is 23.6 Å². The Labute approximate surface area is 102 Å². The molecular weight excluding hydrogens is 242 g/mol. The van der Waals surface area contributed by atoms with E-state index in [1.54, 1.807) is 0 Å². The van der Waals surface area contributed by atoms with Gasteiger partial charge in [-0.3, -0.25) is 23.5 Å². The zero-order valence-corrected chi connectivity index (χ0v) is 10.2. The Morgan fingerprint density at radius 1 is 1.22 bits per heavy atom. The lowest BCUT2D eigenvalue weighted by atomic mass is 10.2. The second kappa shape index (κ2) is 4.86. The van der Waals surface area contributed by atoms with Gasteiger partial charge in [-0.1, -0.05) is 0 Å². The van der Waals surface area contributed by atoms with Crippen LogP contribution in [0.4, 0.5) is 5.82 Å². The van der Waals surface area contributed by atoms with Crippen molar-refractivity contribution in [2.45, 2.75) is 6.92 Å². The van der Waals surface area contributed by atoms with Gasteiger partial charge in [0.1, 0.15) is 11.4 Å². The molecule has 1 rings (SSSR count). The van der Waals surface area contributed by atoms with E-state index in [1.807, 2.05) is 0 Å². The van der Waals surface area contributed by atoms with Crippen molar-refractivity contribution in [1.29, 1.82) is 0 Å². The number of esters is 1. The van der Waals surface area contributed by atoms with Crippen LogP contribution in [0, 0.1) is 0 Å². The molecule has 1 aromatic rings. The molecular formula is C10H13N3O5. The second-order valence-electron chi connectivity index (χ2n) is 3.67. The topological polar surface area (TPSA) is 113 Å². The molecule has 1 heterocycles. The van der Waals surface area contributed by atoms with Gasteiger partial charge in [-0.05, 0) is 0 Å². The molecule has 8 heteroatoms. The first kappa shape index (κ1) is 13.7. The molecule has 0 aliphatic carbocycles. The van der Waals surface area contributed by atoms with Gasteiger partial charge in [0, 0.05) is 21.0 Å². The monoisotopic (exact) mass is 255 g/mol. The minimum Gasteiger partial charge on any atom is -0.457 e. The molecule has 0 aromatic carbocycles. The third-order valence-corrected chi connectivity index (χ3v) is 2.40. The van der Waals surface area contributed by atoms with E-state index in [2.05, 4.69) is 4.74 Å². The normalized spacial score (nSPS) is 10.2. The summed E-state index contributed by atoms with van der Waals surface area (Å²) in [7, 11) is 2.56. The van der Waals surface area contributed by atoms with Crippen molar-refractivity contribution in [3.05, 3.63) is 26.4 Å². The lowest BCUT2D eigenvalue weighted by Crippen LogP contribution is -2.42. The average molecular weight is 255 g/mol. The number of carbonyl (C=O) groups is 2. The van der Waals surface area contributed by atoms with Gasteiger partial charge >= 0.3 is 11.7 Å². The molecule has 1 aromatic heterocycles. The summed E-state index contributed by atoms with van der Waals surface area (Å²) in [5.41, 5.74) is 3.74. The number of ether oxygens (including phenoxy) is 1. The van der Waals surface area contributed by atoms with Crippen LogP contribution < -0.4 is 17.0 Å². The second-order valence-corrected chi connectivity index (χ2v) is 3.67. The standard InChI is InChI=1S/C10H13N3O5/c1-5(14)18-4-6(15)7-8(11)12(2)10(17)13(3)9(7)16/h4,11H2,1-3H3. The van der Waals surface area contributed by atoms with Crippen LogP contribution in [0.25, 0.3) is 0 Å². The van der Waals surface area contributed by atoms with Crippen LogP contribution in [0.15, 0.2) is 9.59 Å². The Kier molecular flexibility index (Phi) is 3.70. The van der Waals surface area contributed by atoms with Crippen molar-refractivity contribution in [2.24, 2.45) is 14.1 Å². The summed E-state index contributed by atoms with van der Waals surface area (Å²) >= 11 is 0. The number of nitrogens with zero attached hydrogens (tertiary/aromatic N) is 2. The van der Waals surface area contributed by atoms with Crippen molar-refractivity contribution >= 4 is 17.6 Å². The largest absolute Gasteiger partial charge is 0.457 e. The van der Waals surface area contributed by atoms with Crippen molar-refractivity contribution in [3.63, 3.8) is 0 Å². The van der Waals surface area contributed by atoms with E-state index < -0.39 is 29.6 Å². The van der Waals surface area contributed by atoms with Crippen LogP contribution in [-0.4, -0.2) is 27.5 Å². The minimum atomic E-state index is -0.812. The Bertz CT molecular complexity index is 626. The SMILES string of the molecule is CC(=O)OCC(=O)c1c(N)n(C)c(=O)n(C)c1=O. The van der Waals surface area contributed by atoms with Crippen molar-refractivity contribution in [2.75, 3.05) is 12.3 Å². The number of nitrogen functional groups attached to an aromatic ring is 1. The fourth-order valence-corrected chi connectivity index (χ4v) is 1.36. The predicted octanol–water partition coefficient (Wildman–Crippen LogP) is -1.59.